The quantitative estimate of drug-likeness (QED) is 0.397. The highest BCUT2D eigenvalue weighted by Crippen LogP contribution is 2.59. The van der Waals surface area contributed by atoms with Crippen molar-refractivity contribution in [3.63, 3.8) is 0 Å². The van der Waals surface area contributed by atoms with E-state index in [1.807, 2.05) is 24.6 Å². The van der Waals surface area contributed by atoms with Crippen LogP contribution in [0.3, 0.4) is 0 Å². The van der Waals surface area contributed by atoms with Gasteiger partial charge in [0.1, 0.15) is 5.82 Å². The zero-order valence-corrected chi connectivity index (χ0v) is 18.5. The molecule has 6 nitrogen and oxygen atoms in total. The third-order valence-corrected chi connectivity index (χ3v) is 7.66. The fraction of sp³-hybridized carbons (Fsp3) is 0.476. The number of hydrogen-bond donors (Lipinski definition) is 0. The second-order valence-corrected chi connectivity index (χ2v) is 9.75. The predicted molar refractivity (Wildman–Crippen MR) is 114 cm³/mol. The van der Waals surface area contributed by atoms with E-state index in [2.05, 4.69) is 20.1 Å². The first kappa shape index (κ1) is 20.0. The molecule has 30 heavy (non-hydrogen) atoms. The molecule has 0 N–H and O–H groups in total. The molecule has 5 rings (SSSR count). The van der Waals surface area contributed by atoms with E-state index in [0.29, 0.717) is 22.5 Å². The number of nitrogens with zero attached hydrogens (tertiary/aromatic N) is 5. The summed E-state index contributed by atoms with van der Waals surface area (Å²) < 4.78 is 21.8. The molecule has 1 aliphatic heterocycles. The maximum absolute atomic E-state index is 14.4. The zero-order chi connectivity index (χ0) is 20.9. The van der Waals surface area contributed by atoms with Crippen molar-refractivity contribution in [1.29, 1.82) is 0 Å². The maximum Gasteiger partial charge on any atom is 0.202 e. The molecule has 3 heterocycles. The Morgan fingerprint density at radius 2 is 2.23 bits per heavy atom. The van der Waals surface area contributed by atoms with E-state index in [1.54, 1.807) is 17.8 Å². The van der Waals surface area contributed by atoms with Crippen molar-refractivity contribution in [1.82, 2.24) is 24.6 Å². The molecular formula is C21H23ClFN5OS. The fourth-order valence-corrected chi connectivity index (χ4v) is 5.67. The molecule has 2 aromatic heterocycles. The van der Waals surface area contributed by atoms with Crippen LogP contribution in [-0.4, -0.2) is 50.0 Å². The third-order valence-electron chi connectivity index (χ3n) is 6.32. The molecule has 0 radical (unpaired) electrons. The average molecular weight is 448 g/mol. The fourth-order valence-electron chi connectivity index (χ4n) is 4.67. The molecule has 1 aromatic carbocycles. The molecule has 2 atom stereocenters. The van der Waals surface area contributed by atoms with Gasteiger partial charge in [-0.05, 0) is 49.9 Å². The largest absolute Gasteiger partial charge is 0.440 e. The van der Waals surface area contributed by atoms with Crippen LogP contribution in [-0.2, 0) is 12.5 Å². The lowest BCUT2D eigenvalue weighted by molar-refractivity contribution is 0.298. The van der Waals surface area contributed by atoms with Crippen LogP contribution >= 0.6 is 23.4 Å². The molecule has 1 saturated heterocycles. The number of rotatable bonds is 7. The van der Waals surface area contributed by atoms with Crippen LogP contribution in [0.4, 0.5) is 4.39 Å². The Balaban J connectivity index is 1.14. The van der Waals surface area contributed by atoms with Gasteiger partial charge in [-0.15, -0.1) is 10.2 Å². The van der Waals surface area contributed by atoms with Gasteiger partial charge in [0, 0.05) is 36.3 Å². The zero-order valence-electron chi connectivity index (χ0n) is 16.9. The van der Waals surface area contributed by atoms with E-state index in [0.717, 1.165) is 54.6 Å². The summed E-state index contributed by atoms with van der Waals surface area (Å²) in [7, 11) is 1.94. The van der Waals surface area contributed by atoms with Crippen molar-refractivity contribution in [2.75, 3.05) is 25.4 Å². The molecule has 1 aliphatic carbocycles. The molecule has 2 fully saturated rings. The van der Waals surface area contributed by atoms with Crippen molar-refractivity contribution < 1.29 is 8.81 Å². The lowest BCUT2D eigenvalue weighted by Crippen LogP contribution is -2.28. The van der Waals surface area contributed by atoms with Gasteiger partial charge in [-0.25, -0.2) is 9.37 Å². The number of oxazole rings is 1. The minimum Gasteiger partial charge on any atom is -0.440 e. The molecule has 158 valence electrons. The van der Waals surface area contributed by atoms with Gasteiger partial charge >= 0.3 is 0 Å². The number of likely N-dealkylation sites (tertiary alicyclic amines) is 1. The lowest BCUT2D eigenvalue weighted by Gasteiger charge is -2.21. The number of aryl methyl sites for hydroxylation is 1. The summed E-state index contributed by atoms with van der Waals surface area (Å²) in [6.45, 7) is 4.88. The number of halogens is 2. The van der Waals surface area contributed by atoms with Crippen molar-refractivity contribution in [3.05, 3.63) is 46.7 Å². The maximum atomic E-state index is 14.4. The Labute approximate surface area is 183 Å². The van der Waals surface area contributed by atoms with Gasteiger partial charge in [-0.1, -0.05) is 29.4 Å². The number of fused-ring (bicyclic) bond motifs is 1. The molecular weight excluding hydrogens is 425 g/mol. The predicted octanol–water partition coefficient (Wildman–Crippen LogP) is 4.33. The van der Waals surface area contributed by atoms with Crippen molar-refractivity contribution in [3.8, 4) is 11.6 Å². The Kier molecular flexibility index (Phi) is 5.11. The van der Waals surface area contributed by atoms with E-state index in [9.17, 15) is 4.39 Å². The highest BCUT2D eigenvalue weighted by atomic mass is 35.5. The van der Waals surface area contributed by atoms with E-state index in [-0.39, 0.29) is 11.2 Å². The van der Waals surface area contributed by atoms with Crippen LogP contribution in [0.2, 0.25) is 5.02 Å². The SMILES string of the molecule is Cc1ncoc1-c1nnc(SCCCN2C[C@H]3CC3(c3ccc(Cl)cc3F)C2)n1C. The average Bonchev–Trinajstić information content (AvgIpc) is 3.02. The lowest BCUT2D eigenvalue weighted by atomic mass is 9.94. The highest BCUT2D eigenvalue weighted by molar-refractivity contribution is 7.99. The van der Waals surface area contributed by atoms with Crippen molar-refractivity contribution in [2.24, 2.45) is 13.0 Å². The number of thioether (sulfide) groups is 1. The molecule has 2 aliphatic rings. The van der Waals surface area contributed by atoms with Gasteiger partial charge in [0.2, 0.25) is 5.82 Å². The van der Waals surface area contributed by atoms with E-state index >= 15 is 0 Å². The summed E-state index contributed by atoms with van der Waals surface area (Å²) in [6, 6.07) is 5.12. The van der Waals surface area contributed by atoms with E-state index in [4.69, 9.17) is 16.0 Å². The van der Waals surface area contributed by atoms with Crippen molar-refractivity contribution >= 4 is 23.4 Å². The molecule has 0 spiro atoms. The Morgan fingerprint density at radius 3 is 3.00 bits per heavy atom. The summed E-state index contributed by atoms with van der Waals surface area (Å²) in [5, 5.41) is 9.87. The Hall–Kier alpha value is -1.90. The van der Waals surface area contributed by atoms with Crippen molar-refractivity contribution in [2.45, 2.75) is 30.3 Å². The first-order valence-electron chi connectivity index (χ1n) is 10.1. The van der Waals surface area contributed by atoms with E-state index < -0.39 is 0 Å². The highest BCUT2D eigenvalue weighted by Gasteiger charge is 2.61. The summed E-state index contributed by atoms with van der Waals surface area (Å²) in [4.78, 5) is 6.58. The normalized spacial score (nSPS) is 23.1. The summed E-state index contributed by atoms with van der Waals surface area (Å²) in [6.07, 6.45) is 3.55. The summed E-state index contributed by atoms with van der Waals surface area (Å²) >= 11 is 7.62. The molecule has 3 aromatic rings. The van der Waals surface area contributed by atoms with Crippen LogP contribution in [0.15, 0.2) is 34.2 Å². The second-order valence-electron chi connectivity index (χ2n) is 8.25. The molecule has 1 unspecified atom stereocenters. The number of piperidine rings is 1. The Morgan fingerprint density at radius 1 is 1.37 bits per heavy atom. The van der Waals surface area contributed by atoms with Crippen LogP contribution < -0.4 is 0 Å². The van der Waals surface area contributed by atoms with Crippen LogP contribution in [0.5, 0.6) is 0 Å². The minimum atomic E-state index is -0.164. The van der Waals surface area contributed by atoms with Gasteiger partial charge in [0.25, 0.3) is 0 Å². The van der Waals surface area contributed by atoms with E-state index in [1.165, 1.54) is 12.5 Å². The monoisotopic (exact) mass is 447 g/mol. The third kappa shape index (κ3) is 3.44. The standard InChI is InChI=1S/C21H23ClFN5OS/c1-13-18(29-12-24-13)19-25-26-20(27(19)2)30-7-3-6-28-10-14-9-21(14,11-28)16-5-4-15(22)8-17(16)23/h4-5,8,12,14H,3,6-7,9-11H2,1-2H3/t14-,21?/m1/s1. The molecule has 0 amide bonds. The van der Waals surface area contributed by atoms with Gasteiger partial charge in [0.15, 0.2) is 17.3 Å². The summed E-state index contributed by atoms with van der Waals surface area (Å²) in [5.74, 6) is 2.70. The number of hydrogen-bond acceptors (Lipinski definition) is 6. The second kappa shape index (κ2) is 7.66. The molecule has 9 heteroatoms. The van der Waals surface area contributed by atoms with Gasteiger partial charge in [-0.3, -0.25) is 0 Å². The number of aromatic nitrogens is 4. The van der Waals surface area contributed by atoms with Gasteiger partial charge in [-0.2, -0.15) is 0 Å². The van der Waals surface area contributed by atoms with Gasteiger partial charge < -0.3 is 13.9 Å². The number of benzene rings is 1. The smallest absolute Gasteiger partial charge is 0.202 e. The van der Waals surface area contributed by atoms with Gasteiger partial charge in [0.05, 0.1) is 5.69 Å². The topological polar surface area (TPSA) is 60.0 Å². The minimum absolute atomic E-state index is 0.00472. The van der Waals surface area contributed by atoms with Crippen LogP contribution in [0.1, 0.15) is 24.1 Å². The van der Waals surface area contributed by atoms with Crippen LogP contribution in [0.25, 0.3) is 11.6 Å². The summed E-state index contributed by atoms with van der Waals surface area (Å²) in [5.41, 5.74) is 1.64. The molecule has 1 saturated carbocycles. The van der Waals surface area contributed by atoms with Crippen LogP contribution in [0, 0.1) is 18.7 Å². The first-order valence-corrected chi connectivity index (χ1v) is 11.4. The molecule has 0 bridgehead atoms. The first-order chi connectivity index (χ1) is 14.5. The Bertz CT molecular complexity index is 1090.